The van der Waals surface area contributed by atoms with Crippen molar-refractivity contribution in [2.75, 3.05) is 11.5 Å². The van der Waals surface area contributed by atoms with Gasteiger partial charge in [0.1, 0.15) is 5.03 Å². The van der Waals surface area contributed by atoms with Crippen molar-refractivity contribution in [2.24, 2.45) is 0 Å². The molecule has 1 amide bonds. The molecule has 2 atom stereocenters. The number of sulfone groups is 1. The van der Waals surface area contributed by atoms with E-state index < -0.39 is 39.0 Å². The van der Waals surface area contributed by atoms with E-state index in [1.54, 1.807) is 18.2 Å². The van der Waals surface area contributed by atoms with E-state index in [1.807, 2.05) is 0 Å². The summed E-state index contributed by atoms with van der Waals surface area (Å²) in [4.78, 5) is 19.5. The number of amides is 1. The number of para-hydroxylation sites is 1. The lowest BCUT2D eigenvalue weighted by Crippen LogP contribution is -2.40. The lowest BCUT2D eigenvalue weighted by Gasteiger charge is -2.16. The molecule has 27 heavy (non-hydrogen) atoms. The fraction of sp³-hybridized carbons (Fsp3) is 0.438. The van der Waals surface area contributed by atoms with Gasteiger partial charge in [-0.2, -0.15) is 13.2 Å². The average Bonchev–Trinajstić information content (AvgIpc) is 2.92. The largest absolute Gasteiger partial charge is 0.451 e. The molecule has 1 aromatic heterocycles. The van der Waals surface area contributed by atoms with Gasteiger partial charge in [0, 0.05) is 11.4 Å². The highest BCUT2D eigenvalue weighted by Gasteiger charge is 2.36. The van der Waals surface area contributed by atoms with Crippen LogP contribution in [0.4, 0.5) is 13.2 Å². The first-order valence-electron chi connectivity index (χ1n) is 8.06. The summed E-state index contributed by atoms with van der Waals surface area (Å²) in [6.07, 6.45) is -4.37. The fourth-order valence-electron chi connectivity index (χ4n) is 2.71. The number of aromatic nitrogens is 2. The van der Waals surface area contributed by atoms with Crippen LogP contribution in [0, 0.1) is 0 Å². The molecule has 0 saturated carbocycles. The third-order valence-electron chi connectivity index (χ3n) is 4.06. The zero-order valence-corrected chi connectivity index (χ0v) is 15.8. The van der Waals surface area contributed by atoms with Crippen LogP contribution in [0.15, 0.2) is 29.3 Å². The van der Waals surface area contributed by atoms with Gasteiger partial charge in [-0.15, -0.1) is 0 Å². The van der Waals surface area contributed by atoms with Crippen LogP contribution in [-0.4, -0.2) is 47.1 Å². The van der Waals surface area contributed by atoms with Gasteiger partial charge in [-0.3, -0.25) is 4.79 Å². The first-order chi connectivity index (χ1) is 12.5. The van der Waals surface area contributed by atoms with Crippen molar-refractivity contribution in [3.63, 3.8) is 0 Å². The summed E-state index contributed by atoms with van der Waals surface area (Å²) in [6.45, 7) is 1.54. The van der Waals surface area contributed by atoms with E-state index in [0.29, 0.717) is 11.8 Å². The van der Waals surface area contributed by atoms with Gasteiger partial charge in [0.25, 0.3) is 0 Å². The summed E-state index contributed by atoms with van der Waals surface area (Å²) >= 11 is 0.882. The standard InChI is InChI=1S/C16H16F3N3O3S2/c1-9(13(23)20-10-6-7-27(24,25)8-10)26-14-11-4-2-3-5-12(11)21-15(22-14)16(17,18)19/h2-5,9-10H,6-8H2,1H3,(H,20,23)/t9-,10-/m1/s1. The summed E-state index contributed by atoms with van der Waals surface area (Å²) in [7, 11) is -3.14. The molecule has 1 saturated heterocycles. The van der Waals surface area contributed by atoms with E-state index in [2.05, 4.69) is 15.3 Å². The van der Waals surface area contributed by atoms with Crippen LogP contribution in [0.2, 0.25) is 0 Å². The minimum Gasteiger partial charge on any atom is -0.351 e. The van der Waals surface area contributed by atoms with E-state index in [4.69, 9.17) is 0 Å². The molecule has 0 radical (unpaired) electrons. The molecule has 1 N–H and O–H groups in total. The number of hydrogen-bond donors (Lipinski definition) is 1. The third-order valence-corrected chi connectivity index (χ3v) is 6.93. The first-order valence-corrected chi connectivity index (χ1v) is 10.8. The summed E-state index contributed by atoms with van der Waals surface area (Å²) in [5.41, 5.74) is 0.136. The van der Waals surface area contributed by atoms with Crippen molar-refractivity contribution in [1.29, 1.82) is 0 Å². The molecule has 1 aliphatic heterocycles. The molecule has 0 bridgehead atoms. The van der Waals surface area contributed by atoms with E-state index in [-0.39, 0.29) is 22.0 Å². The summed E-state index contributed by atoms with van der Waals surface area (Å²) in [5, 5.41) is 2.35. The van der Waals surface area contributed by atoms with Crippen molar-refractivity contribution >= 4 is 38.4 Å². The summed E-state index contributed by atoms with van der Waals surface area (Å²) < 4.78 is 62.2. The van der Waals surface area contributed by atoms with Gasteiger partial charge < -0.3 is 5.32 Å². The lowest BCUT2D eigenvalue weighted by atomic mass is 10.2. The number of carbonyl (C=O) groups excluding carboxylic acids is 1. The topological polar surface area (TPSA) is 89.0 Å². The van der Waals surface area contributed by atoms with Gasteiger partial charge >= 0.3 is 6.18 Å². The highest BCUT2D eigenvalue weighted by atomic mass is 32.2. The number of rotatable bonds is 4. The Balaban J connectivity index is 1.81. The molecule has 0 spiro atoms. The normalized spacial score (nSPS) is 20.5. The average molecular weight is 419 g/mol. The van der Waals surface area contributed by atoms with Crippen LogP contribution in [0.5, 0.6) is 0 Å². The molecule has 146 valence electrons. The van der Waals surface area contributed by atoms with Crippen LogP contribution >= 0.6 is 11.8 Å². The van der Waals surface area contributed by atoms with E-state index in [9.17, 15) is 26.4 Å². The number of hydrogen-bond acceptors (Lipinski definition) is 6. The number of thioether (sulfide) groups is 1. The van der Waals surface area contributed by atoms with Gasteiger partial charge in [-0.05, 0) is 19.4 Å². The molecule has 1 aromatic carbocycles. The number of fused-ring (bicyclic) bond motifs is 1. The zero-order valence-electron chi connectivity index (χ0n) is 14.2. The molecule has 1 fully saturated rings. The first kappa shape index (κ1) is 19.9. The van der Waals surface area contributed by atoms with Crippen molar-refractivity contribution in [2.45, 2.75) is 35.8 Å². The highest BCUT2D eigenvalue weighted by Crippen LogP contribution is 2.33. The Morgan fingerprint density at radius 2 is 2.00 bits per heavy atom. The second kappa shape index (κ2) is 7.27. The number of alkyl halides is 3. The van der Waals surface area contributed by atoms with Crippen LogP contribution in [0.1, 0.15) is 19.2 Å². The summed E-state index contributed by atoms with van der Waals surface area (Å²) in [5.74, 6) is -1.81. The van der Waals surface area contributed by atoms with Gasteiger partial charge in [-0.1, -0.05) is 30.0 Å². The van der Waals surface area contributed by atoms with E-state index in [0.717, 1.165) is 11.8 Å². The number of nitrogens with zero attached hydrogens (tertiary/aromatic N) is 2. The van der Waals surface area contributed by atoms with E-state index >= 15 is 0 Å². The Labute approximate surface area is 157 Å². The fourth-order valence-corrected chi connectivity index (χ4v) is 5.33. The van der Waals surface area contributed by atoms with Gasteiger partial charge in [-0.25, -0.2) is 18.4 Å². The second-order valence-electron chi connectivity index (χ2n) is 6.24. The maximum atomic E-state index is 13.1. The van der Waals surface area contributed by atoms with Crippen LogP contribution in [-0.2, 0) is 20.8 Å². The Kier molecular flexibility index (Phi) is 5.35. The molecule has 11 heteroatoms. The van der Waals surface area contributed by atoms with Crippen molar-refractivity contribution in [3.8, 4) is 0 Å². The molecule has 0 unspecified atom stereocenters. The maximum Gasteiger partial charge on any atom is 0.451 e. The predicted molar refractivity (Wildman–Crippen MR) is 95.1 cm³/mol. The van der Waals surface area contributed by atoms with E-state index in [1.165, 1.54) is 13.0 Å². The van der Waals surface area contributed by atoms with Gasteiger partial charge in [0.15, 0.2) is 9.84 Å². The number of carbonyl (C=O) groups is 1. The smallest absolute Gasteiger partial charge is 0.351 e. The van der Waals surface area contributed by atoms with Gasteiger partial charge in [0.2, 0.25) is 11.7 Å². The minimum atomic E-state index is -4.71. The highest BCUT2D eigenvalue weighted by molar-refractivity contribution is 8.00. The van der Waals surface area contributed by atoms with Crippen LogP contribution in [0.25, 0.3) is 10.9 Å². The zero-order chi connectivity index (χ0) is 19.8. The van der Waals surface area contributed by atoms with Crippen LogP contribution < -0.4 is 5.32 Å². The van der Waals surface area contributed by atoms with Crippen molar-refractivity contribution in [1.82, 2.24) is 15.3 Å². The minimum absolute atomic E-state index is 0.0188. The van der Waals surface area contributed by atoms with Crippen molar-refractivity contribution < 1.29 is 26.4 Å². The SMILES string of the molecule is C[C@@H](Sc1nc(C(F)(F)F)nc2ccccc12)C(=O)N[C@@H]1CCS(=O)(=O)C1. The maximum absolute atomic E-state index is 13.1. The predicted octanol–water partition coefficient (Wildman–Crippen LogP) is 2.43. The van der Waals surface area contributed by atoms with Crippen LogP contribution in [0.3, 0.4) is 0 Å². The molecule has 0 aliphatic carbocycles. The molecule has 2 aromatic rings. The second-order valence-corrected chi connectivity index (χ2v) is 9.79. The molecule has 3 rings (SSSR count). The van der Waals surface area contributed by atoms with Crippen molar-refractivity contribution in [3.05, 3.63) is 30.1 Å². The third kappa shape index (κ3) is 4.70. The number of nitrogens with one attached hydrogen (secondary N) is 1. The number of halogens is 3. The Hall–Kier alpha value is -1.88. The summed E-state index contributed by atoms with van der Waals surface area (Å²) in [6, 6.07) is 5.78. The Morgan fingerprint density at radius 1 is 1.30 bits per heavy atom. The molecule has 6 nitrogen and oxygen atoms in total. The Bertz CT molecular complexity index is 980. The van der Waals surface area contributed by atoms with Gasteiger partial charge in [0.05, 0.1) is 22.3 Å². The molecular weight excluding hydrogens is 403 g/mol. The molecular formula is C16H16F3N3O3S2. The lowest BCUT2D eigenvalue weighted by molar-refractivity contribution is -0.145. The molecule has 2 heterocycles. The monoisotopic (exact) mass is 419 g/mol. The number of benzene rings is 1. The molecule has 1 aliphatic rings. The Morgan fingerprint density at radius 3 is 2.63 bits per heavy atom. The quantitative estimate of drug-likeness (QED) is 0.605.